The fraction of sp³-hybridized carbons (Fsp3) is 0.800. The second-order valence-corrected chi connectivity index (χ2v) is 6.18. The average Bonchev–Trinajstić information content (AvgIpc) is 2.82. The van der Waals surface area contributed by atoms with Crippen molar-refractivity contribution in [3.8, 4) is 0 Å². The van der Waals surface area contributed by atoms with Gasteiger partial charge in [0.2, 0.25) is 0 Å². The zero-order valence-corrected chi connectivity index (χ0v) is 12.0. The molecule has 1 unspecified atom stereocenters. The van der Waals surface area contributed by atoms with E-state index in [-0.39, 0.29) is 0 Å². The Bertz CT molecular complexity index is 324. The smallest absolute Gasteiger partial charge is 0.0946 e. The summed E-state index contributed by atoms with van der Waals surface area (Å²) < 4.78 is 2.15. The van der Waals surface area contributed by atoms with Crippen LogP contribution in [0.15, 0.2) is 18.7 Å². The van der Waals surface area contributed by atoms with E-state index in [1.54, 1.807) is 0 Å². The van der Waals surface area contributed by atoms with Crippen molar-refractivity contribution in [1.29, 1.82) is 0 Å². The molecular weight excluding hydrogens is 222 g/mol. The molecule has 3 nitrogen and oxygen atoms in total. The van der Waals surface area contributed by atoms with Gasteiger partial charge in [-0.15, -0.1) is 0 Å². The molecule has 0 amide bonds. The van der Waals surface area contributed by atoms with Crippen molar-refractivity contribution < 1.29 is 0 Å². The van der Waals surface area contributed by atoms with E-state index in [2.05, 4.69) is 35.6 Å². The number of imidazole rings is 1. The minimum absolute atomic E-state index is 0.528. The molecule has 1 heterocycles. The fourth-order valence-electron chi connectivity index (χ4n) is 3.12. The summed E-state index contributed by atoms with van der Waals surface area (Å²) in [6.07, 6.45) is 11.3. The number of rotatable bonds is 5. The number of hydrogen-bond acceptors (Lipinski definition) is 2. The first kappa shape index (κ1) is 13.6. The maximum atomic E-state index is 4.09. The number of aromatic nitrogens is 2. The van der Waals surface area contributed by atoms with Gasteiger partial charge < -0.3 is 9.88 Å². The van der Waals surface area contributed by atoms with Crippen LogP contribution in [0.1, 0.15) is 46.5 Å². The lowest BCUT2D eigenvalue weighted by Crippen LogP contribution is -2.41. The Morgan fingerprint density at radius 2 is 1.94 bits per heavy atom. The molecule has 2 rings (SSSR count). The van der Waals surface area contributed by atoms with E-state index < -0.39 is 0 Å². The highest BCUT2D eigenvalue weighted by atomic mass is 15.1. The van der Waals surface area contributed by atoms with Gasteiger partial charge in [-0.2, -0.15) is 0 Å². The Morgan fingerprint density at radius 1 is 1.22 bits per heavy atom. The monoisotopic (exact) mass is 249 g/mol. The van der Waals surface area contributed by atoms with E-state index in [0.29, 0.717) is 6.04 Å². The van der Waals surface area contributed by atoms with Crippen LogP contribution in [0.25, 0.3) is 0 Å². The van der Waals surface area contributed by atoms with E-state index in [4.69, 9.17) is 0 Å². The Labute approximate surface area is 111 Å². The zero-order valence-electron chi connectivity index (χ0n) is 12.0. The topological polar surface area (TPSA) is 29.9 Å². The molecule has 1 aliphatic carbocycles. The van der Waals surface area contributed by atoms with Crippen molar-refractivity contribution in [2.24, 2.45) is 11.8 Å². The molecule has 18 heavy (non-hydrogen) atoms. The normalized spacial score (nSPS) is 26.4. The highest BCUT2D eigenvalue weighted by Gasteiger charge is 2.23. The molecule has 1 atom stereocenters. The minimum atomic E-state index is 0.528. The maximum Gasteiger partial charge on any atom is 0.0946 e. The first-order valence-electron chi connectivity index (χ1n) is 7.37. The minimum Gasteiger partial charge on any atom is -0.336 e. The van der Waals surface area contributed by atoms with E-state index in [1.165, 1.54) is 25.7 Å². The Balaban J connectivity index is 1.71. The SMILES string of the molecule is CC(Cn1ccnc1)NC1CCC(C(C)C)CC1. The van der Waals surface area contributed by atoms with Crippen molar-refractivity contribution in [2.45, 2.75) is 65.1 Å². The summed E-state index contributed by atoms with van der Waals surface area (Å²) in [7, 11) is 0. The molecule has 0 saturated heterocycles. The van der Waals surface area contributed by atoms with Gasteiger partial charge in [0.1, 0.15) is 0 Å². The number of hydrogen-bond donors (Lipinski definition) is 1. The summed E-state index contributed by atoms with van der Waals surface area (Å²) in [5.41, 5.74) is 0. The third-order valence-electron chi connectivity index (χ3n) is 4.28. The largest absolute Gasteiger partial charge is 0.336 e. The summed E-state index contributed by atoms with van der Waals surface area (Å²) in [4.78, 5) is 4.09. The van der Waals surface area contributed by atoms with Gasteiger partial charge in [-0.1, -0.05) is 13.8 Å². The summed E-state index contributed by atoms with van der Waals surface area (Å²) in [5.74, 6) is 1.81. The molecule has 1 N–H and O–H groups in total. The van der Waals surface area contributed by atoms with Gasteiger partial charge in [0.05, 0.1) is 6.33 Å². The summed E-state index contributed by atoms with van der Waals surface area (Å²) in [6.45, 7) is 8.01. The third-order valence-corrected chi connectivity index (χ3v) is 4.28. The van der Waals surface area contributed by atoms with Crippen molar-refractivity contribution in [3.63, 3.8) is 0 Å². The predicted octanol–water partition coefficient (Wildman–Crippen LogP) is 3.08. The second-order valence-electron chi connectivity index (χ2n) is 6.18. The van der Waals surface area contributed by atoms with Gasteiger partial charge in [-0.3, -0.25) is 0 Å². The van der Waals surface area contributed by atoms with Crippen LogP contribution in [-0.4, -0.2) is 21.6 Å². The van der Waals surface area contributed by atoms with Crippen molar-refractivity contribution in [2.75, 3.05) is 0 Å². The highest BCUT2D eigenvalue weighted by molar-refractivity contribution is 4.82. The fourth-order valence-corrected chi connectivity index (χ4v) is 3.12. The van der Waals surface area contributed by atoms with Gasteiger partial charge in [0.25, 0.3) is 0 Å². The van der Waals surface area contributed by atoms with Crippen LogP contribution in [0.5, 0.6) is 0 Å². The highest BCUT2D eigenvalue weighted by Crippen LogP contribution is 2.29. The molecule has 1 fully saturated rings. The predicted molar refractivity (Wildman–Crippen MR) is 75.4 cm³/mol. The van der Waals surface area contributed by atoms with Crippen LogP contribution in [0.4, 0.5) is 0 Å². The average molecular weight is 249 g/mol. The van der Waals surface area contributed by atoms with Gasteiger partial charge in [0, 0.05) is 31.0 Å². The first-order valence-corrected chi connectivity index (χ1v) is 7.37. The number of nitrogens with zero attached hydrogens (tertiary/aromatic N) is 2. The van der Waals surface area contributed by atoms with E-state index in [9.17, 15) is 0 Å². The quantitative estimate of drug-likeness (QED) is 0.869. The molecule has 1 aromatic rings. The van der Waals surface area contributed by atoms with E-state index in [1.807, 2.05) is 18.7 Å². The summed E-state index contributed by atoms with van der Waals surface area (Å²) >= 11 is 0. The molecule has 0 radical (unpaired) electrons. The maximum absolute atomic E-state index is 4.09. The lowest BCUT2D eigenvalue weighted by Gasteiger charge is -2.33. The van der Waals surface area contributed by atoms with Gasteiger partial charge in [-0.25, -0.2) is 4.98 Å². The molecular formula is C15H27N3. The molecule has 1 saturated carbocycles. The lowest BCUT2D eigenvalue weighted by atomic mass is 9.79. The molecule has 0 aliphatic heterocycles. The standard InChI is InChI=1S/C15H27N3/c1-12(2)14-4-6-15(7-5-14)17-13(3)10-18-9-8-16-11-18/h8-9,11-15,17H,4-7,10H2,1-3H3. The van der Waals surface area contributed by atoms with Gasteiger partial charge >= 0.3 is 0 Å². The Kier molecular flexibility index (Phi) is 4.81. The van der Waals surface area contributed by atoms with Crippen LogP contribution in [0, 0.1) is 11.8 Å². The van der Waals surface area contributed by atoms with Crippen LogP contribution in [-0.2, 0) is 6.54 Å². The van der Waals surface area contributed by atoms with E-state index >= 15 is 0 Å². The molecule has 0 aromatic carbocycles. The third kappa shape index (κ3) is 3.84. The first-order chi connectivity index (χ1) is 8.65. The molecule has 1 aromatic heterocycles. The van der Waals surface area contributed by atoms with Crippen molar-refractivity contribution >= 4 is 0 Å². The van der Waals surface area contributed by atoms with Crippen molar-refractivity contribution in [1.82, 2.24) is 14.9 Å². The summed E-state index contributed by atoms with van der Waals surface area (Å²) in [5, 5.41) is 3.77. The Morgan fingerprint density at radius 3 is 2.50 bits per heavy atom. The molecule has 102 valence electrons. The zero-order chi connectivity index (χ0) is 13.0. The van der Waals surface area contributed by atoms with Gasteiger partial charge in [0.15, 0.2) is 0 Å². The lowest BCUT2D eigenvalue weighted by molar-refractivity contribution is 0.227. The molecule has 3 heteroatoms. The summed E-state index contributed by atoms with van der Waals surface area (Å²) in [6, 6.07) is 1.25. The van der Waals surface area contributed by atoms with Crippen LogP contribution < -0.4 is 5.32 Å². The molecule has 0 bridgehead atoms. The molecule has 1 aliphatic rings. The van der Waals surface area contributed by atoms with Crippen LogP contribution >= 0.6 is 0 Å². The Hall–Kier alpha value is -0.830. The molecule has 0 spiro atoms. The van der Waals surface area contributed by atoms with Crippen LogP contribution in [0.2, 0.25) is 0 Å². The van der Waals surface area contributed by atoms with E-state index in [0.717, 1.165) is 24.4 Å². The number of nitrogens with one attached hydrogen (secondary N) is 1. The second kappa shape index (κ2) is 6.37. The van der Waals surface area contributed by atoms with Gasteiger partial charge in [-0.05, 0) is 44.4 Å². The van der Waals surface area contributed by atoms with Crippen molar-refractivity contribution in [3.05, 3.63) is 18.7 Å². The van der Waals surface area contributed by atoms with Crippen LogP contribution in [0.3, 0.4) is 0 Å².